The minimum Gasteiger partial charge on any atom is -0.497 e. The molecule has 0 radical (unpaired) electrons. The number of hydrogen-bond donors (Lipinski definition) is 0. The first kappa shape index (κ1) is 16.7. The first-order valence-corrected chi connectivity index (χ1v) is 5.65. The molecule has 1 rings (SSSR count). The molecule has 0 aliphatic heterocycles. The van der Waals surface area contributed by atoms with Crippen molar-refractivity contribution in [3.05, 3.63) is 28.8 Å². The van der Waals surface area contributed by atoms with Crippen LogP contribution in [0.3, 0.4) is 0 Å². The second kappa shape index (κ2) is 4.86. The number of benzene rings is 1. The molecule has 7 heteroatoms. The maximum atomic E-state index is 13.0. The Hall–Kier alpha value is -1.40. The standard InChI is InChI=1S/C13H14F6O/c1-11(2,3)10-8(12(14,15)16)5-7(20-4)6-9(10)13(17,18)19/h5-6H,1-4H3. The summed E-state index contributed by atoms with van der Waals surface area (Å²) in [4.78, 5) is 0. The van der Waals surface area contributed by atoms with E-state index in [-0.39, 0.29) is 0 Å². The molecule has 0 bridgehead atoms. The molecule has 0 aliphatic rings. The van der Waals surface area contributed by atoms with Gasteiger partial charge in [-0.15, -0.1) is 0 Å². The second-order valence-corrected chi connectivity index (χ2v) is 5.34. The molecule has 1 aromatic rings. The van der Waals surface area contributed by atoms with E-state index >= 15 is 0 Å². The number of hydrogen-bond acceptors (Lipinski definition) is 1. The van der Waals surface area contributed by atoms with Crippen molar-refractivity contribution in [3.63, 3.8) is 0 Å². The molecule has 0 unspecified atom stereocenters. The van der Waals surface area contributed by atoms with Crippen molar-refractivity contribution in [1.82, 2.24) is 0 Å². The van der Waals surface area contributed by atoms with Gasteiger partial charge >= 0.3 is 12.4 Å². The highest BCUT2D eigenvalue weighted by Gasteiger charge is 2.44. The fourth-order valence-electron chi connectivity index (χ4n) is 1.99. The molecule has 1 aromatic carbocycles. The number of methoxy groups -OCH3 is 1. The van der Waals surface area contributed by atoms with Crippen LogP contribution in [-0.4, -0.2) is 7.11 Å². The van der Waals surface area contributed by atoms with Gasteiger partial charge in [0.1, 0.15) is 5.75 Å². The fourth-order valence-corrected chi connectivity index (χ4v) is 1.99. The van der Waals surface area contributed by atoms with E-state index in [0.29, 0.717) is 12.1 Å². The molecular formula is C13H14F6O. The molecule has 0 saturated heterocycles. The van der Waals surface area contributed by atoms with Gasteiger partial charge in [0.25, 0.3) is 0 Å². The zero-order chi connectivity index (χ0) is 15.9. The molecule has 114 valence electrons. The highest BCUT2D eigenvalue weighted by atomic mass is 19.4. The summed E-state index contributed by atoms with van der Waals surface area (Å²) in [5.41, 5.74) is -4.74. The third-order valence-corrected chi connectivity index (χ3v) is 2.71. The van der Waals surface area contributed by atoms with Crippen LogP contribution in [0.1, 0.15) is 37.5 Å². The van der Waals surface area contributed by atoms with Crippen molar-refractivity contribution in [1.29, 1.82) is 0 Å². The number of halogens is 6. The molecule has 20 heavy (non-hydrogen) atoms. The maximum absolute atomic E-state index is 13.0. The molecule has 1 nitrogen and oxygen atoms in total. The lowest BCUT2D eigenvalue weighted by molar-refractivity contribution is -0.145. The summed E-state index contributed by atoms with van der Waals surface area (Å²) in [6, 6.07) is 1.19. The Bertz CT molecular complexity index is 458. The maximum Gasteiger partial charge on any atom is 0.416 e. The van der Waals surface area contributed by atoms with E-state index in [4.69, 9.17) is 0 Å². The van der Waals surface area contributed by atoms with Crippen LogP contribution in [-0.2, 0) is 17.8 Å². The zero-order valence-corrected chi connectivity index (χ0v) is 11.3. The summed E-state index contributed by atoms with van der Waals surface area (Å²) in [5.74, 6) is -0.474. The van der Waals surface area contributed by atoms with Crippen LogP contribution < -0.4 is 4.74 Å². The Balaban J connectivity index is 3.83. The first-order chi connectivity index (χ1) is 8.78. The fraction of sp³-hybridized carbons (Fsp3) is 0.538. The summed E-state index contributed by atoms with van der Waals surface area (Å²) in [6.07, 6.45) is -9.78. The summed E-state index contributed by atoms with van der Waals surface area (Å²) >= 11 is 0. The Kier molecular flexibility index (Phi) is 4.04. The molecule has 0 N–H and O–H groups in total. The van der Waals surface area contributed by atoms with Crippen LogP contribution in [0.4, 0.5) is 26.3 Å². The van der Waals surface area contributed by atoms with Crippen LogP contribution in [0.2, 0.25) is 0 Å². The van der Waals surface area contributed by atoms with Crippen LogP contribution >= 0.6 is 0 Å². The summed E-state index contributed by atoms with van der Waals surface area (Å²) in [7, 11) is 1.02. The van der Waals surface area contributed by atoms with E-state index in [2.05, 4.69) is 4.74 Å². The Morgan fingerprint density at radius 1 is 0.800 bits per heavy atom. The zero-order valence-electron chi connectivity index (χ0n) is 11.3. The first-order valence-electron chi connectivity index (χ1n) is 5.65. The third-order valence-electron chi connectivity index (χ3n) is 2.71. The molecule has 0 spiro atoms. The molecule has 0 saturated carbocycles. The Morgan fingerprint density at radius 2 is 1.15 bits per heavy atom. The van der Waals surface area contributed by atoms with Crippen LogP contribution in [0.25, 0.3) is 0 Å². The van der Waals surface area contributed by atoms with Gasteiger partial charge in [0.05, 0.1) is 18.2 Å². The van der Waals surface area contributed by atoms with E-state index in [9.17, 15) is 26.3 Å². The van der Waals surface area contributed by atoms with Gasteiger partial charge in [-0.1, -0.05) is 20.8 Å². The van der Waals surface area contributed by atoms with Gasteiger partial charge < -0.3 is 4.74 Å². The third kappa shape index (κ3) is 3.37. The van der Waals surface area contributed by atoms with Crippen molar-refractivity contribution in [2.45, 2.75) is 38.5 Å². The molecule has 0 aromatic heterocycles. The second-order valence-electron chi connectivity index (χ2n) is 5.34. The van der Waals surface area contributed by atoms with Crippen LogP contribution in [0, 0.1) is 0 Å². The number of rotatable bonds is 1. The topological polar surface area (TPSA) is 9.23 Å². The molecule has 0 fully saturated rings. The van der Waals surface area contributed by atoms with Crippen molar-refractivity contribution >= 4 is 0 Å². The van der Waals surface area contributed by atoms with Gasteiger partial charge in [-0.25, -0.2) is 0 Å². The number of alkyl halides is 6. The van der Waals surface area contributed by atoms with Gasteiger partial charge in [0, 0.05) is 0 Å². The minimum atomic E-state index is -4.89. The number of ether oxygens (including phenoxy) is 1. The Labute approximate surface area is 112 Å². The summed E-state index contributed by atoms with van der Waals surface area (Å²) < 4.78 is 82.8. The van der Waals surface area contributed by atoms with Crippen LogP contribution in [0.5, 0.6) is 5.75 Å². The van der Waals surface area contributed by atoms with E-state index in [0.717, 1.165) is 7.11 Å². The average molecular weight is 300 g/mol. The van der Waals surface area contributed by atoms with Crippen LogP contribution in [0.15, 0.2) is 12.1 Å². The van der Waals surface area contributed by atoms with Crippen molar-refractivity contribution in [3.8, 4) is 5.75 Å². The van der Waals surface area contributed by atoms with E-state index in [1.165, 1.54) is 20.8 Å². The lowest BCUT2D eigenvalue weighted by Crippen LogP contribution is -2.25. The molecular weight excluding hydrogens is 286 g/mol. The van der Waals surface area contributed by atoms with Crippen molar-refractivity contribution in [2.24, 2.45) is 0 Å². The van der Waals surface area contributed by atoms with Gasteiger partial charge in [-0.2, -0.15) is 26.3 Å². The molecule has 0 atom stereocenters. The minimum absolute atomic E-state index is 0.474. The molecule has 0 heterocycles. The summed E-state index contributed by atoms with van der Waals surface area (Å²) in [5, 5.41) is 0. The predicted octanol–water partition coefficient (Wildman–Crippen LogP) is 5.03. The smallest absolute Gasteiger partial charge is 0.416 e. The van der Waals surface area contributed by atoms with E-state index in [1.807, 2.05) is 0 Å². The van der Waals surface area contributed by atoms with E-state index in [1.54, 1.807) is 0 Å². The predicted molar refractivity (Wildman–Crippen MR) is 61.7 cm³/mol. The lowest BCUT2D eigenvalue weighted by atomic mass is 9.80. The van der Waals surface area contributed by atoms with Gasteiger partial charge in [-0.3, -0.25) is 0 Å². The van der Waals surface area contributed by atoms with E-state index < -0.39 is 40.2 Å². The highest BCUT2D eigenvalue weighted by Crippen LogP contribution is 2.46. The van der Waals surface area contributed by atoms with Gasteiger partial charge in [0.2, 0.25) is 0 Å². The monoisotopic (exact) mass is 300 g/mol. The highest BCUT2D eigenvalue weighted by molar-refractivity contribution is 5.48. The Morgan fingerprint density at radius 3 is 1.35 bits per heavy atom. The SMILES string of the molecule is COc1cc(C(F)(F)F)c(C(C)(C)C)c(C(F)(F)F)c1. The normalized spacial score (nSPS) is 13.5. The summed E-state index contributed by atoms with van der Waals surface area (Å²) in [6.45, 7) is 3.91. The molecule has 0 amide bonds. The van der Waals surface area contributed by atoms with Crippen molar-refractivity contribution < 1.29 is 31.1 Å². The molecule has 0 aliphatic carbocycles. The van der Waals surface area contributed by atoms with Gasteiger partial charge in [0.15, 0.2) is 0 Å². The largest absolute Gasteiger partial charge is 0.497 e. The van der Waals surface area contributed by atoms with Crippen molar-refractivity contribution in [2.75, 3.05) is 7.11 Å². The quantitative estimate of drug-likeness (QED) is 0.661. The lowest BCUT2D eigenvalue weighted by Gasteiger charge is -2.28. The average Bonchev–Trinajstić information content (AvgIpc) is 2.23. The van der Waals surface area contributed by atoms with Gasteiger partial charge in [-0.05, 0) is 23.1 Å².